The van der Waals surface area contributed by atoms with Crippen LogP contribution in [0.1, 0.15) is 53.9 Å². The fraction of sp³-hybridized carbons (Fsp3) is 1.00. The molecule has 1 heterocycles. The maximum atomic E-state index is 5.57. The van der Waals surface area contributed by atoms with Crippen molar-refractivity contribution >= 4 is 0 Å². The molecule has 1 saturated heterocycles. The molecule has 1 heteroatoms. The van der Waals surface area contributed by atoms with Crippen molar-refractivity contribution in [2.24, 2.45) is 11.8 Å². The van der Waals surface area contributed by atoms with Gasteiger partial charge in [0.1, 0.15) is 0 Å². The van der Waals surface area contributed by atoms with Gasteiger partial charge in [-0.3, -0.25) is 0 Å². The van der Waals surface area contributed by atoms with Crippen LogP contribution in [0.4, 0.5) is 0 Å². The summed E-state index contributed by atoms with van der Waals surface area (Å²) in [7, 11) is 0. The lowest BCUT2D eigenvalue weighted by Crippen LogP contribution is -2.13. The lowest BCUT2D eigenvalue weighted by atomic mass is 9.87. The lowest BCUT2D eigenvalue weighted by molar-refractivity contribution is 0.262. The van der Waals surface area contributed by atoms with Gasteiger partial charge in [0.15, 0.2) is 0 Å². The Kier molecular flexibility index (Phi) is 3.39. The normalized spacial score (nSPS) is 37.2. The summed E-state index contributed by atoms with van der Waals surface area (Å²) in [5, 5.41) is 0. The van der Waals surface area contributed by atoms with Gasteiger partial charge in [-0.1, -0.05) is 27.2 Å². The minimum Gasteiger partial charge on any atom is -0.367 e. The smallest absolute Gasteiger partial charge is 0.0917 e. The van der Waals surface area contributed by atoms with Crippen molar-refractivity contribution in [2.45, 2.75) is 65.6 Å². The van der Waals surface area contributed by atoms with Crippen LogP contribution in [0, 0.1) is 11.8 Å². The zero-order valence-corrected chi connectivity index (χ0v) is 9.76. The Hall–Kier alpha value is -0.0400. The standard InChI is InChI=1S/C12H24O/c1-6-9(2)10(3)7-8-12(5)11(4)13-12/h9-11H,6-8H2,1-5H3. The molecule has 0 aromatic heterocycles. The van der Waals surface area contributed by atoms with Crippen molar-refractivity contribution in [1.82, 2.24) is 0 Å². The summed E-state index contributed by atoms with van der Waals surface area (Å²) >= 11 is 0. The van der Waals surface area contributed by atoms with E-state index in [1.165, 1.54) is 19.3 Å². The summed E-state index contributed by atoms with van der Waals surface area (Å²) < 4.78 is 5.57. The highest BCUT2D eigenvalue weighted by atomic mass is 16.6. The zero-order valence-electron chi connectivity index (χ0n) is 9.76. The van der Waals surface area contributed by atoms with Crippen molar-refractivity contribution in [3.05, 3.63) is 0 Å². The molecule has 1 aliphatic rings. The van der Waals surface area contributed by atoms with Gasteiger partial charge < -0.3 is 4.74 Å². The van der Waals surface area contributed by atoms with E-state index in [1.807, 2.05) is 0 Å². The minimum atomic E-state index is 0.224. The van der Waals surface area contributed by atoms with Crippen LogP contribution in [-0.4, -0.2) is 11.7 Å². The van der Waals surface area contributed by atoms with Crippen molar-refractivity contribution in [1.29, 1.82) is 0 Å². The molecule has 0 saturated carbocycles. The summed E-state index contributed by atoms with van der Waals surface area (Å²) in [5.74, 6) is 1.70. The topological polar surface area (TPSA) is 12.5 Å². The van der Waals surface area contributed by atoms with Crippen LogP contribution in [0.2, 0.25) is 0 Å². The summed E-state index contributed by atoms with van der Waals surface area (Å²) in [6.45, 7) is 11.4. The van der Waals surface area contributed by atoms with Gasteiger partial charge in [-0.05, 0) is 38.5 Å². The van der Waals surface area contributed by atoms with Crippen molar-refractivity contribution in [3.8, 4) is 0 Å². The first-order valence-corrected chi connectivity index (χ1v) is 5.67. The average Bonchev–Trinajstić information content (AvgIpc) is 2.70. The van der Waals surface area contributed by atoms with Crippen LogP contribution in [0.25, 0.3) is 0 Å². The second kappa shape index (κ2) is 4.00. The summed E-state index contributed by atoms with van der Waals surface area (Å²) in [5.41, 5.74) is 0.224. The molecule has 1 nitrogen and oxygen atoms in total. The Bertz CT molecular complexity index is 167. The molecule has 0 aromatic rings. The Morgan fingerprint density at radius 3 is 2.23 bits per heavy atom. The molecule has 1 fully saturated rings. The quantitative estimate of drug-likeness (QED) is 0.594. The number of epoxide rings is 1. The predicted octanol–water partition coefficient (Wildman–Crippen LogP) is 3.63. The van der Waals surface area contributed by atoms with Crippen LogP contribution in [0.3, 0.4) is 0 Å². The average molecular weight is 184 g/mol. The summed E-state index contributed by atoms with van der Waals surface area (Å²) in [6.07, 6.45) is 4.35. The second-order valence-electron chi connectivity index (χ2n) is 4.97. The van der Waals surface area contributed by atoms with E-state index in [0.29, 0.717) is 6.10 Å². The van der Waals surface area contributed by atoms with Crippen molar-refractivity contribution < 1.29 is 4.74 Å². The van der Waals surface area contributed by atoms with E-state index in [0.717, 1.165) is 11.8 Å². The van der Waals surface area contributed by atoms with Gasteiger partial charge in [-0.2, -0.15) is 0 Å². The second-order valence-corrected chi connectivity index (χ2v) is 4.97. The Morgan fingerprint density at radius 1 is 1.31 bits per heavy atom. The van der Waals surface area contributed by atoms with Crippen LogP contribution in [-0.2, 0) is 4.74 Å². The van der Waals surface area contributed by atoms with Crippen molar-refractivity contribution in [3.63, 3.8) is 0 Å². The third kappa shape index (κ3) is 2.70. The van der Waals surface area contributed by atoms with Crippen LogP contribution >= 0.6 is 0 Å². The lowest BCUT2D eigenvalue weighted by Gasteiger charge is -2.19. The summed E-state index contributed by atoms with van der Waals surface area (Å²) in [4.78, 5) is 0. The fourth-order valence-electron chi connectivity index (χ4n) is 1.83. The Labute approximate surface area is 82.9 Å². The highest BCUT2D eigenvalue weighted by Crippen LogP contribution is 2.41. The number of hydrogen-bond acceptors (Lipinski definition) is 1. The molecule has 1 aliphatic heterocycles. The Balaban J connectivity index is 2.19. The molecule has 78 valence electrons. The molecule has 0 aromatic carbocycles. The predicted molar refractivity (Wildman–Crippen MR) is 56.8 cm³/mol. The van der Waals surface area contributed by atoms with E-state index in [4.69, 9.17) is 4.74 Å². The van der Waals surface area contributed by atoms with Crippen molar-refractivity contribution in [2.75, 3.05) is 0 Å². The molecular weight excluding hydrogens is 160 g/mol. The molecule has 0 spiro atoms. The molecule has 0 N–H and O–H groups in total. The molecular formula is C12H24O. The van der Waals surface area contributed by atoms with Gasteiger partial charge in [-0.25, -0.2) is 0 Å². The molecule has 0 radical (unpaired) electrons. The number of rotatable bonds is 5. The van der Waals surface area contributed by atoms with Crippen LogP contribution in [0.5, 0.6) is 0 Å². The number of ether oxygens (including phenoxy) is 1. The van der Waals surface area contributed by atoms with E-state index >= 15 is 0 Å². The number of hydrogen-bond donors (Lipinski definition) is 0. The third-order valence-corrected chi connectivity index (χ3v) is 3.96. The first-order valence-electron chi connectivity index (χ1n) is 5.67. The third-order valence-electron chi connectivity index (χ3n) is 3.96. The monoisotopic (exact) mass is 184 g/mol. The zero-order chi connectivity index (χ0) is 10.1. The SMILES string of the molecule is CCC(C)C(C)CCC1(C)OC1C. The first-order chi connectivity index (χ1) is 5.99. The molecule has 0 bridgehead atoms. The van der Waals surface area contributed by atoms with Gasteiger partial charge >= 0.3 is 0 Å². The maximum absolute atomic E-state index is 5.57. The van der Waals surface area contributed by atoms with E-state index in [9.17, 15) is 0 Å². The molecule has 0 aliphatic carbocycles. The molecule has 4 atom stereocenters. The fourth-order valence-corrected chi connectivity index (χ4v) is 1.83. The summed E-state index contributed by atoms with van der Waals surface area (Å²) in [6, 6.07) is 0. The molecule has 13 heavy (non-hydrogen) atoms. The van der Waals surface area contributed by atoms with E-state index in [2.05, 4.69) is 34.6 Å². The van der Waals surface area contributed by atoms with Gasteiger partial charge in [0.25, 0.3) is 0 Å². The highest BCUT2D eigenvalue weighted by molar-refractivity contribution is 4.95. The van der Waals surface area contributed by atoms with Gasteiger partial charge in [-0.15, -0.1) is 0 Å². The largest absolute Gasteiger partial charge is 0.367 e. The van der Waals surface area contributed by atoms with E-state index in [1.54, 1.807) is 0 Å². The van der Waals surface area contributed by atoms with E-state index in [-0.39, 0.29) is 5.60 Å². The maximum Gasteiger partial charge on any atom is 0.0917 e. The van der Waals surface area contributed by atoms with Gasteiger partial charge in [0, 0.05) is 0 Å². The molecule has 4 unspecified atom stereocenters. The van der Waals surface area contributed by atoms with E-state index < -0.39 is 0 Å². The Morgan fingerprint density at radius 2 is 1.85 bits per heavy atom. The molecule has 1 rings (SSSR count). The first kappa shape index (κ1) is 11.0. The van der Waals surface area contributed by atoms with Gasteiger partial charge in [0.2, 0.25) is 0 Å². The van der Waals surface area contributed by atoms with Crippen LogP contribution in [0.15, 0.2) is 0 Å². The van der Waals surface area contributed by atoms with Gasteiger partial charge in [0.05, 0.1) is 11.7 Å². The highest BCUT2D eigenvalue weighted by Gasteiger charge is 2.48. The van der Waals surface area contributed by atoms with Crippen LogP contribution < -0.4 is 0 Å². The molecule has 0 amide bonds. The minimum absolute atomic E-state index is 0.224.